The number of carboxylic acids is 1. The van der Waals surface area contributed by atoms with Crippen molar-refractivity contribution in [2.45, 2.75) is 71.1 Å². The number of unbranched alkanes of at least 4 members (excludes halogenated alkanes) is 6. The summed E-state index contributed by atoms with van der Waals surface area (Å²) in [6, 6.07) is 8.36. The third kappa shape index (κ3) is 14.5. The quantitative estimate of drug-likeness (QED) is 0.324. The molecule has 0 aromatic heterocycles. The first-order chi connectivity index (χ1) is 13.7. The van der Waals surface area contributed by atoms with Gasteiger partial charge in [0.25, 0.3) is 0 Å². The van der Waals surface area contributed by atoms with Crippen molar-refractivity contribution in [1.29, 1.82) is 0 Å². The average Bonchev–Trinajstić information content (AvgIpc) is 2.69. The highest BCUT2D eigenvalue weighted by atomic mass is 16.5. The maximum atomic E-state index is 10.3. The number of rotatable bonds is 19. The summed E-state index contributed by atoms with van der Waals surface area (Å²) in [7, 11) is 0. The molecule has 0 aliphatic heterocycles. The molecule has 0 atom stereocenters. The van der Waals surface area contributed by atoms with Gasteiger partial charge in [0, 0.05) is 13.0 Å². The van der Waals surface area contributed by atoms with Crippen LogP contribution in [0.4, 0.5) is 0 Å². The molecule has 1 rings (SSSR count). The molecular weight excluding hydrogens is 356 g/mol. The number of carboxylic acid groups (broad SMARTS) is 1. The van der Waals surface area contributed by atoms with Crippen LogP contribution >= 0.6 is 0 Å². The highest BCUT2D eigenvalue weighted by Gasteiger charge is 1.99. The third-order valence-corrected chi connectivity index (χ3v) is 4.54. The van der Waals surface area contributed by atoms with E-state index in [1.54, 1.807) is 0 Å². The van der Waals surface area contributed by atoms with E-state index in [1.807, 2.05) is 12.1 Å². The lowest BCUT2D eigenvalue weighted by molar-refractivity contribution is -0.137. The van der Waals surface area contributed by atoms with Gasteiger partial charge < -0.3 is 19.3 Å². The molecule has 0 radical (unpaired) electrons. The van der Waals surface area contributed by atoms with Gasteiger partial charge in [-0.25, -0.2) is 0 Å². The van der Waals surface area contributed by atoms with Crippen LogP contribution < -0.4 is 4.74 Å². The number of hydrogen-bond donors (Lipinski definition) is 1. The summed E-state index contributed by atoms with van der Waals surface area (Å²) in [5, 5.41) is 8.51. The molecule has 160 valence electrons. The Morgan fingerprint density at radius 1 is 0.786 bits per heavy atom. The van der Waals surface area contributed by atoms with E-state index < -0.39 is 5.97 Å². The van der Waals surface area contributed by atoms with Crippen LogP contribution in [0, 0.1) is 0 Å². The molecule has 0 bridgehead atoms. The molecule has 28 heavy (non-hydrogen) atoms. The highest BCUT2D eigenvalue weighted by molar-refractivity contribution is 5.66. The maximum Gasteiger partial charge on any atom is 0.303 e. The Labute approximate surface area is 170 Å². The van der Waals surface area contributed by atoms with Gasteiger partial charge in [0.1, 0.15) is 12.4 Å². The van der Waals surface area contributed by atoms with Crippen LogP contribution in [0.15, 0.2) is 24.3 Å². The molecule has 0 aliphatic carbocycles. The van der Waals surface area contributed by atoms with Gasteiger partial charge in [0.05, 0.1) is 19.8 Å². The number of benzene rings is 1. The van der Waals surface area contributed by atoms with Crippen LogP contribution in [0.2, 0.25) is 0 Å². The summed E-state index contributed by atoms with van der Waals surface area (Å²) < 4.78 is 16.4. The summed E-state index contributed by atoms with van der Waals surface area (Å²) in [5.74, 6) is 0.0830. The van der Waals surface area contributed by atoms with Crippen molar-refractivity contribution in [3.8, 4) is 5.75 Å². The van der Waals surface area contributed by atoms with Gasteiger partial charge in [-0.05, 0) is 37.0 Å². The summed E-state index contributed by atoms with van der Waals surface area (Å²) in [6.45, 7) is 4.71. The molecule has 0 saturated heterocycles. The summed E-state index contributed by atoms with van der Waals surface area (Å²) >= 11 is 0. The lowest BCUT2D eigenvalue weighted by atomic mass is 10.0. The van der Waals surface area contributed by atoms with Crippen LogP contribution in [0.3, 0.4) is 0 Å². The Morgan fingerprint density at radius 3 is 2.07 bits per heavy atom. The first kappa shape index (κ1) is 24.4. The third-order valence-electron chi connectivity index (χ3n) is 4.54. The molecule has 1 aromatic rings. The standard InChI is InChI=1S/C23H38O5/c1-2-3-4-5-6-7-8-10-21-12-14-22(15-13-21)28-20-19-27-18-17-26-16-9-11-23(24)25/h12-15H,2-11,16-20H2,1H3,(H,24,25). The van der Waals surface area contributed by atoms with Crippen molar-refractivity contribution in [2.75, 3.05) is 33.0 Å². The molecule has 1 aromatic carbocycles. The fourth-order valence-electron chi connectivity index (χ4n) is 2.90. The van der Waals surface area contributed by atoms with Crippen LogP contribution in [0.5, 0.6) is 5.75 Å². The van der Waals surface area contributed by atoms with Gasteiger partial charge in [-0.3, -0.25) is 4.79 Å². The highest BCUT2D eigenvalue weighted by Crippen LogP contribution is 2.15. The number of hydrogen-bond acceptors (Lipinski definition) is 4. The number of aliphatic carboxylic acids is 1. The van der Waals surface area contributed by atoms with E-state index in [0.29, 0.717) is 39.5 Å². The molecule has 0 saturated carbocycles. The fourth-order valence-corrected chi connectivity index (χ4v) is 2.90. The molecular formula is C23H38O5. The fraction of sp³-hybridized carbons (Fsp3) is 0.696. The number of ether oxygens (including phenoxy) is 3. The molecule has 1 N–H and O–H groups in total. The minimum absolute atomic E-state index is 0.145. The van der Waals surface area contributed by atoms with Crippen molar-refractivity contribution in [3.63, 3.8) is 0 Å². The van der Waals surface area contributed by atoms with E-state index in [9.17, 15) is 4.79 Å². The van der Waals surface area contributed by atoms with Crippen molar-refractivity contribution in [1.82, 2.24) is 0 Å². The second kappa shape index (κ2) is 17.5. The van der Waals surface area contributed by atoms with Crippen LogP contribution in [-0.2, 0) is 20.7 Å². The van der Waals surface area contributed by atoms with Gasteiger partial charge in [-0.15, -0.1) is 0 Å². The number of carbonyl (C=O) groups is 1. The van der Waals surface area contributed by atoms with E-state index in [2.05, 4.69) is 19.1 Å². The van der Waals surface area contributed by atoms with Gasteiger partial charge in [-0.2, -0.15) is 0 Å². The predicted octanol–water partition coefficient (Wildman–Crippen LogP) is 5.26. The molecule has 0 amide bonds. The molecule has 0 heterocycles. The Balaban J connectivity index is 1.95. The van der Waals surface area contributed by atoms with Crippen molar-refractivity contribution >= 4 is 5.97 Å². The smallest absolute Gasteiger partial charge is 0.303 e. The van der Waals surface area contributed by atoms with Gasteiger partial charge in [-0.1, -0.05) is 57.6 Å². The minimum Gasteiger partial charge on any atom is -0.491 e. The zero-order valence-corrected chi connectivity index (χ0v) is 17.5. The normalized spacial score (nSPS) is 10.9. The van der Waals surface area contributed by atoms with E-state index >= 15 is 0 Å². The summed E-state index contributed by atoms with van der Waals surface area (Å²) in [6.07, 6.45) is 11.2. The van der Waals surface area contributed by atoms with Gasteiger partial charge in [0.15, 0.2) is 0 Å². The van der Waals surface area contributed by atoms with E-state index in [-0.39, 0.29) is 6.42 Å². The average molecular weight is 395 g/mol. The van der Waals surface area contributed by atoms with Crippen LogP contribution in [-0.4, -0.2) is 44.1 Å². The molecule has 0 aliphatic rings. The lowest BCUT2D eigenvalue weighted by Gasteiger charge is -2.08. The minimum atomic E-state index is -0.789. The SMILES string of the molecule is CCCCCCCCCc1ccc(OCCOCCOCCCC(=O)O)cc1. The second-order valence-corrected chi connectivity index (χ2v) is 7.09. The molecule has 0 fully saturated rings. The largest absolute Gasteiger partial charge is 0.491 e. The van der Waals surface area contributed by atoms with Crippen molar-refractivity contribution < 1.29 is 24.1 Å². The first-order valence-electron chi connectivity index (χ1n) is 10.8. The van der Waals surface area contributed by atoms with Gasteiger partial charge >= 0.3 is 5.97 Å². The maximum absolute atomic E-state index is 10.3. The van der Waals surface area contributed by atoms with E-state index in [4.69, 9.17) is 19.3 Å². The molecule has 5 heteroatoms. The molecule has 5 nitrogen and oxygen atoms in total. The molecule has 0 spiro atoms. The Kier molecular flexibility index (Phi) is 15.3. The summed E-state index contributed by atoms with van der Waals surface area (Å²) in [4.78, 5) is 10.3. The van der Waals surface area contributed by atoms with Crippen molar-refractivity contribution in [3.05, 3.63) is 29.8 Å². The lowest BCUT2D eigenvalue weighted by Crippen LogP contribution is -2.11. The summed E-state index contributed by atoms with van der Waals surface area (Å²) in [5.41, 5.74) is 1.37. The number of aryl methyl sites for hydroxylation is 1. The Bertz CT molecular complexity index is 486. The second-order valence-electron chi connectivity index (χ2n) is 7.09. The van der Waals surface area contributed by atoms with E-state index in [1.165, 1.54) is 50.5 Å². The van der Waals surface area contributed by atoms with Crippen LogP contribution in [0.25, 0.3) is 0 Å². The zero-order valence-electron chi connectivity index (χ0n) is 17.5. The monoisotopic (exact) mass is 394 g/mol. The molecule has 0 unspecified atom stereocenters. The topological polar surface area (TPSA) is 65.0 Å². The van der Waals surface area contributed by atoms with Gasteiger partial charge in [0.2, 0.25) is 0 Å². The zero-order chi connectivity index (χ0) is 20.3. The van der Waals surface area contributed by atoms with Crippen molar-refractivity contribution in [2.24, 2.45) is 0 Å². The van der Waals surface area contributed by atoms with E-state index in [0.717, 1.165) is 12.2 Å². The Hall–Kier alpha value is -1.59. The Morgan fingerprint density at radius 2 is 1.39 bits per heavy atom. The first-order valence-corrected chi connectivity index (χ1v) is 10.8. The van der Waals surface area contributed by atoms with Crippen LogP contribution in [0.1, 0.15) is 70.3 Å². The predicted molar refractivity (Wildman–Crippen MR) is 112 cm³/mol.